The van der Waals surface area contributed by atoms with Crippen LogP contribution in [0.5, 0.6) is 0 Å². The summed E-state index contributed by atoms with van der Waals surface area (Å²) in [4.78, 5) is 28.8. The number of hydrogen-bond donors (Lipinski definition) is 0. The Labute approximate surface area is 230 Å². The first kappa shape index (κ1) is 25.4. The van der Waals surface area contributed by atoms with Crippen molar-refractivity contribution in [3.8, 4) is 0 Å². The summed E-state index contributed by atoms with van der Waals surface area (Å²) in [6, 6.07) is 11.0. The summed E-state index contributed by atoms with van der Waals surface area (Å²) in [5, 5.41) is 5.11. The summed E-state index contributed by atoms with van der Waals surface area (Å²) in [7, 11) is 2.15. The van der Waals surface area contributed by atoms with Crippen LogP contribution in [0.1, 0.15) is 56.4 Å². The van der Waals surface area contributed by atoms with Gasteiger partial charge in [0.15, 0.2) is 5.65 Å². The highest BCUT2D eigenvalue weighted by Crippen LogP contribution is 2.30. The molecule has 0 saturated carbocycles. The third-order valence-corrected chi connectivity index (χ3v) is 8.36. The number of carbonyl (C=O) groups is 1. The van der Waals surface area contributed by atoms with E-state index in [4.69, 9.17) is 15.1 Å². The van der Waals surface area contributed by atoms with Crippen molar-refractivity contribution in [3.05, 3.63) is 64.5 Å². The van der Waals surface area contributed by atoms with Crippen molar-refractivity contribution in [2.24, 2.45) is 4.99 Å². The van der Waals surface area contributed by atoms with Crippen LogP contribution in [0.25, 0.3) is 5.65 Å². The van der Waals surface area contributed by atoms with Gasteiger partial charge >= 0.3 is 0 Å². The molecule has 3 aliphatic heterocycles. The summed E-state index contributed by atoms with van der Waals surface area (Å²) >= 11 is 0. The number of aliphatic imine (C=N–C) groups is 1. The first-order chi connectivity index (χ1) is 18.9. The number of likely N-dealkylation sites (tertiary alicyclic amines) is 1. The van der Waals surface area contributed by atoms with Crippen molar-refractivity contribution in [2.45, 2.75) is 58.9 Å². The molecule has 2 aromatic heterocycles. The number of hydrogen-bond acceptors (Lipinski definition) is 6. The molecule has 2 saturated heterocycles. The second-order valence-electron chi connectivity index (χ2n) is 11.1. The Kier molecular flexibility index (Phi) is 6.73. The highest BCUT2D eigenvalue weighted by atomic mass is 16.2. The van der Waals surface area contributed by atoms with Crippen LogP contribution in [-0.4, -0.2) is 70.4 Å². The number of aryl methyl sites for hydroxylation is 1. The van der Waals surface area contributed by atoms with E-state index < -0.39 is 0 Å². The molecule has 0 radical (unpaired) electrons. The van der Waals surface area contributed by atoms with Crippen LogP contribution in [-0.2, 0) is 11.2 Å². The Balaban J connectivity index is 1.44. The monoisotopic (exact) mass is 523 g/mol. The summed E-state index contributed by atoms with van der Waals surface area (Å²) < 4.78 is 1.97. The maximum Gasteiger partial charge on any atom is 0.219 e. The van der Waals surface area contributed by atoms with Gasteiger partial charge in [-0.25, -0.2) is 9.98 Å². The van der Waals surface area contributed by atoms with Crippen molar-refractivity contribution in [2.75, 3.05) is 43.0 Å². The first-order valence-electron chi connectivity index (χ1n) is 14.1. The van der Waals surface area contributed by atoms with Gasteiger partial charge in [-0.05, 0) is 62.8 Å². The molecule has 0 aliphatic carbocycles. The Morgan fingerprint density at radius 1 is 1.05 bits per heavy atom. The predicted molar refractivity (Wildman–Crippen MR) is 156 cm³/mol. The molecule has 0 unspecified atom stereocenters. The third kappa shape index (κ3) is 4.97. The van der Waals surface area contributed by atoms with E-state index >= 15 is 0 Å². The van der Waals surface area contributed by atoms with Crippen LogP contribution in [0.15, 0.2) is 52.7 Å². The molecule has 3 aliphatic rings. The van der Waals surface area contributed by atoms with Gasteiger partial charge in [0, 0.05) is 70.3 Å². The fourth-order valence-corrected chi connectivity index (χ4v) is 5.96. The number of rotatable bonds is 4. The molecule has 0 spiro atoms. The molecule has 1 amide bonds. The topological polar surface area (TPSA) is 69.3 Å². The molecular formula is C31H37N7O. The molecule has 0 atom stereocenters. The van der Waals surface area contributed by atoms with Crippen molar-refractivity contribution in [1.82, 2.24) is 19.5 Å². The van der Waals surface area contributed by atoms with Crippen molar-refractivity contribution in [3.63, 3.8) is 0 Å². The van der Waals surface area contributed by atoms with Gasteiger partial charge in [-0.3, -0.25) is 4.79 Å². The maximum atomic E-state index is 11.9. The average molecular weight is 524 g/mol. The second kappa shape index (κ2) is 10.3. The number of benzene rings is 1. The molecule has 1 aromatic carbocycles. The van der Waals surface area contributed by atoms with Crippen molar-refractivity contribution < 1.29 is 4.79 Å². The van der Waals surface area contributed by atoms with Crippen LogP contribution in [0.3, 0.4) is 0 Å². The number of piperidine rings is 1. The van der Waals surface area contributed by atoms with Gasteiger partial charge in [0.05, 0.1) is 5.69 Å². The number of carbonyl (C=O) groups excluding carboxylic acids is 1. The predicted octanol–water partition coefficient (Wildman–Crippen LogP) is 4.86. The van der Waals surface area contributed by atoms with Gasteiger partial charge in [0.1, 0.15) is 23.0 Å². The summed E-state index contributed by atoms with van der Waals surface area (Å²) in [5.74, 6) is 2.18. The molecular weight excluding hydrogens is 486 g/mol. The fraction of sp³-hybridized carbons (Fsp3) is 0.452. The minimum atomic E-state index is 0.157. The normalized spacial score (nSPS) is 19.4. The third-order valence-electron chi connectivity index (χ3n) is 8.36. The Hall–Kier alpha value is -3.90. The Morgan fingerprint density at radius 3 is 2.56 bits per heavy atom. The number of nitrogens with zero attached hydrogens (tertiary/aromatic N) is 7. The molecule has 8 nitrogen and oxygen atoms in total. The molecule has 39 heavy (non-hydrogen) atoms. The van der Waals surface area contributed by atoms with Gasteiger partial charge in [-0.2, -0.15) is 9.61 Å². The number of amides is 1. The largest absolute Gasteiger partial charge is 0.356 e. The molecule has 5 heterocycles. The SMILES string of the molecule is CC(=O)N1CCC(N(C)c2cc(N3CCCC3)nc3cc(/C4=N/c5cc(C)ccc5CC=C=C4C)nn23)CC1. The highest BCUT2D eigenvalue weighted by molar-refractivity contribution is 6.12. The van der Waals surface area contributed by atoms with Crippen LogP contribution >= 0.6 is 0 Å². The zero-order chi connectivity index (χ0) is 27.1. The Bertz CT molecular complexity index is 1510. The van der Waals surface area contributed by atoms with E-state index in [1.807, 2.05) is 9.42 Å². The molecule has 2 fully saturated rings. The van der Waals surface area contributed by atoms with E-state index in [0.29, 0.717) is 6.04 Å². The smallest absolute Gasteiger partial charge is 0.219 e. The van der Waals surface area contributed by atoms with Crippen molar-refractivity contribution in [1.29, 1.82) is 0 Å². The van der Waals surface area contributed by atoms with Crippen LogP contribution in [0.2, 0.25) is 0 Å². The lowest BCUT2D eigenvalue weighted by Gasteiger charge is -2.37. The lowest BCUT2D eigenvalue weighted by molar-refractivity contribution is -0.129. The lowest BCUT2D eigenvalue weighted by Crippen LogP contribution is -2.45. The molecule has 202 valence electrons. The minimum absolute atomic E-state index is 0.157. The standard InChI is InChI=1S/C31H37N7O/c1-21-10-11-24-9-7-8-22(2)31(32-26(24)18-21)27-19-29-33-28(37-14-5-6-15-37)20-30(38(29)34-27)35(4)25-12-16-36(17-13-25)23(3)39/h7,10-11,18-20,25H,5-6,9,12-17H2,1-4H3/b32-31+. The lowest BCUT2D eigenvalue weighted by atomic mass is 10.0. The minimum Gasteiger partial charge on any atom is -0.356 e. The van der Waals surface area contributed by atoms with Crippen molar-refractivity contribution >= 4 is 34.6 Å². The van der Waals surface area contributed by atoms with E-state index in [-0.39, 0.29) is 5.91 Å². The Morgan fingerprint density at radius 2 is 1.82 bits per heavy atom. The molecule has 3 aromatic rings. The zero-order valence-electron chi connectivity index (χ0n) is 23.4. The van der Waals surface area contributed by atoms with E-state index in [1.54, 1.807) is 6.92 Å². The number of anilines is 2. The van der Waals surface area contributed by atoms with Crippen LogP contribution < -0.4 is 9.80 Å². The number of fused-ring (bicyclic) bond motifs is 2. The summed E-state index contributed by atoms with van der Waals surface area (Å²) in [5.41, 5.74) is 10.2. The number of allylic oxidation sites excluding steroid dienone is 1. The van der Waals surface area contributed by atoms with Crippen LogP contribution in [0, 0.1) is 6.92 Å². The molecule has 0 N–H and O–H groups in total. The molecule has 0 bridgehead atoms. The average Bonchev–Trinajstić information content (AvgIpc) is 3.61. The quantitative estimate of drug-likeness (QED) is 0.457. The van der Waals surface area contributed by atoms with Crippen LogP contribution in [0.4, 0.5) is 17.3 Å². The maximum absolute atomic E-state index is 11.9. The van der Waals surface area contributed by atoms with E-state index in [9.17, 15) is 4.79 Å². The number of aromatic nitrogens is 3. The van der Waals surface area contributed by atoms with E-state index in [1.165, 1.54) is 24.0 Å². The van der Waals surface area contributed by atoms with E-state index in [2.05, 4.69) is 72.8 Å². The zero-order valence-corrected chi connectivity index (χ0v) is 23.4. The van der Waals surface area contributed by atoms with Gasteiger partial charge in [0.25, 0.3) is 0 Å². The first-order valence-corrected chi connectivity index (χ1v) is 14.1. The fourth-order valence-electron chi connectivity index (χ4n) is 5.96. The van der Waals surface area contributed by atoms with Gasteiger partial charge in [0.2, 0.25) is 5.91 Å². The summed E-state index contributed by atoms with van der Waals surface area (Å²) in [6.07, 6.45) is 7.15. The van der Waals surface area contributed by atoms with Gasteiger partial charge in [-0.15, -0.1) is 5.73 Å². The highest BCUT2D eigenvalue weighted by Gasteiger charge is 2.27. The second-order valence-corrected chi connectivity index (χ2v) is 11.1. The molecule has 6 rings (SSSR count). The van der Waals surface area contributed by atoms with E-state index in [0.717, 1.165) is 85.4 Å². The summed E-state index contributed by atoms with van der Waals surface area (Å²) in [6.45, 7) is 9.44. The van der Waals surface area contributed by atoms with Gasteiger partial charge < -0.3 is 14.7 Å². The van der Waals surface area contributed by atoms with Gasteiger partial charge in [-0.1, -0.05) is 12.1 Å². The molecule has 8 heteroatoms.